The summed E-state index contributed by atoms with van der Waals surface area (Å²) in [5.74, 6) is -1.90. The smallest absolute Gasteiger partial charge is 0.251 e. The van der Waals surface area contributed by atoms with E-state index in [2.05, 4.69) is 10.0 Å². The fourth-order valence-electron chi connectivity index (χ4n) is 2.49. The molecule has 0 spiro atoms. The zero-order chi connectivity index (χ0) is 18.9. The molecule has 5 nitrogen and oxygen atoms in total. The van der Waals surface area contributed by atoms with Gasteiger partial charge in [0.2, 0.25) is 10.0 Å². The fraction of sp³-hybridized carbons (Fsp3) is 0.278. The quantitative estimate of drug-likeness (QED) is 0.809. The predicted molar refractivity (Wildman–Crippen MR) is 92.0 cm³/mol. The second kappa shape index (κ2) is 7.13. The molecule has 0 radical (unpaired) electrons. The van der Waals surface area contributed by atoms with Gasteiger partial charge in [0, 0.05) is 23.7 Å². The lowest BCUT2D eigenvalue weighted by Crippen LogP contribution is -2.28. The highest BCUT2D eigenvalue weighted by atomic mass is 32.2. The lowest BCUT2D eigenvalue weighted by Gasteiger charge is -2.15. The van der Waals surface area contributed by atoms with E-state index >= 15 is 0 Å². The molecule has 1 aliphatic rings. The minimum absolute atomic E-state index is 0.0929. The van der Waals surface area contributed by atoms with E-state index in [0.717, 1.165) is 25.0 Å². The Morgan fingerprint density at radius 2 is 1.77 bits per heavy atom. The highest BCUT2D eigenvalue weighted by Gasteiger charge is 2.25. The maximum atomic E-state index is 13.3. The van der Waals surface area contributed by atoms with Crippen LogP contribution in [-0.2, 0) is 10.0 Å². The van der Waals surface area contributed by atoms with Gasteiger partial charge in [0.05, 0.1) is 4.90 Å². The van der Waals surface area contributed by atoms with Crippen LogP contribution in [0.3, 0.4) is 0 Å². The molecule has 26 heavy (non-hydrogen) atoms. The molecule has 3 rings (SSSR count). The van der Waals surface area contributed by atoms with E-state index in [9.17, 15) is 22.0 Å². The molecule has 0 aromatic heterocycles. The van der Waals surface area contributed by atoms with Gasteiger partial charge in [-0.15, -0.1) is 0 Å². The topological polar surface area (TPSA) is 75.3 Å². The Labute approximate surface area is 150 Å². The van der Waals surface area contributed by atoms with Gasteiger partial charge in [0.1, 0.15) is 11.6 Å². The van der Waals surface area contributed by atoms with E-state index in [0.29, 0.717) is 6.07 Å². The number of hydrogen-bond acceptors (Lipinski definition) is 3. The van der Waals surface area contributed by atoms with E-state index in [1.165, 1.54) is 31.2 Å². The molecule has 0 bridgehead atoms. The molecule has 1 amide bonds. The SMILES string of the molecule is CC(NS(=O)(=O)c1cccc(C(=O)NC2CC2)c1)c1cc(F)cc(F)c1. The van der Waals surface area contributed by atoms with Crippen molar-refractivity contribution in [2.75, 3.05) is 0 Å². The summed E-state index contributed by atoms with van der Waals surface area (Å²) in [6.07, 6.45) is 1.85. The van der Waals surface area contributed by atoms with E-state index in [-0.39, 0.29) is 28.0 Å². The Balaban J connectivity index is 1.79. The molecule has 138 valence electrons. The van der Waals surface area contributed by atoms with Crippen molar-refractivity contribution in [3.05, 3.63) is 65.2 Å². The molecule has 2 aromatic carbocycles. The molecular formula is C18H18F2N2O3S. The minimum Gasteiger partial charge on any atom is -0.349 e. The number of carbonyl (C=O) groups is 1. The average Bonchev–Trinajstić information content (AvgIpc) is 3.37. The highest BCUT2D eigenvalue weighted by molar-refractivity contribution is 7.89. The standard InChI is InChI=1S/C18H18F2N2O3S/c1-11(13-7-14(19)10-15(20)8-13)22-26(24,25)17-4-2-3-12(9-17)18(23)21-16-5-6-16/h2-4,7-11,16,22H,5-6H2,1H3,(H,21,23). The van der Waals surface area contributed by atoms with Gasteiger partial charge in [-0.25, -0.2) is 21.9 Å². The number of benzene rings is 2. The Morgan fingerprint density at radius 3 is 2.38 bits per heavy atom. The van der Waals surface area contributed by atoms with Crippen molar-refractivity contribution in [1.82, 2.24) is 10.0 Å². The van der Waals surface area contributed by atoms with Crippen molar-refractivity contribution in [2.45, 2.75) is 36.7 Å². The summed E-state index contributed by atoms with van der Waals surface area (Å²) in [4.78, 5) is 12.0. The maximum Gasteiger partial charge on any atom is 0.251 e. The van der Waals surface area contributed by atoms with Gasteiger partial charge >= 0.3 is 0 Å². The largest absolute Gasteiger partial charge is 0.349 e. The Kier molecular flexibility index (Phi) is 5.06. The van der Waals surface area contributed by atoms with E-state index in [1.54, 1.807) is 0 Å². The molecule has 1 unspecified atom stereocenters. The fourth-order valence-corrected chi connectivity index (χ4v) is 3.77. The molecule has 1 fully saturated rings. The van der Waals surface area contributed by atoms with Crippen molar-refractivity contribution in [1.29, 1.82) is 0 Å². The minimum atomic E-state index is -3.98. The first kappa shape index (κ1) is 18.5. The van der Waals surface area contributed by atoms with Crippen LogP contribution < -0.4 is 10.0 Å². The Hall–Kier alpha value is -2.32. The number of halogens is 2. The summed E-state index contributed by atoms with van der Waals surface area (Å²) < 4.78 is 54.2. The van der Waals surface area contributed by atoms with Gasteiger partial charge in [0.15, 0.2) is 0 Å². The second-order valence-electron chi connectivity index (χ2n) is 6.32. The summed E-state index contributed by atoms with van der Waals surface area (Å²) >= 11 is 0. The van der Waals surface area contributed by atoms with Gasteiger partial charge in [-0.1, -0.05) is 6.07 Å². The molecular weight excluding hydrogens is 362 g/mol. The van der Waals surface area contributed by atoms with E-state index < -0.39 is 27.7 Å². The van der Waals surface area contributed by atoms with Crippen LogP contribution >= 0.6 is 0 Å². The highest BCUT2D eigenvalue weighted by Crippen LogP contribution is 2.21. The molecule has 2 N–H and O–H groups in total. The molecule has 2 aromatic rings. The third kappa shape index (κ3) is 4.44. The van der Waals surface area contributed by atoms with Gasteiger partial charge in [-0.2, -0.15) is 0 Å². The lowest BCUT2D eigenvalue weighted by atomic mass is 10.1. The zero-order valence-electron chi connectivity index (χ0n) is 14.0. The molecule has 0 aliphatic heterocycles. The molecule has 1 saturated carbocycles. The van der Waals surface area contributed by atoms with Crippen molar-refractivity contribution >= 4 is 15.9 Å². The summed E-state index contributed by atoms with van der Waals surface area (Å²) in [5, 5.41) is 2.79. The Morgan fingerprint density at radius 1 is 1.12 bits per heavy atom. The number of sulfonamides is 1. The van der Waals surface area contributed by atoms with Gasteiger partial charge in [0.25, 0.3) is 5.91 Å². The van der Waals surface area contributed by atoms with Crippen molar-refractivity contribution in [3.8, 4) is 0 Å². The monoisotopic (exact) mass is 380 g/mol. The van der Waals surface area contributed by atoms with Crippen LogP contribution in [0.5, 0.6) is 0 Å². The number of amides is 1. The second-order valence-corrected chi connectivity index (χ2v) is 8.04. The maximum absolute atomic E-state index is 13.3. The van der Waals surface area contributed by atoms with Crippen LogP contribution in [0.2, 0.25) is 0 Å². The van der Waals surface area contributed by atoms with Crippen molar-refractivity contribution in [2.24, 2.45) is 0 Å². The van der Waals surface area contributed by atoms with Crippen molar-refractivity contribution < 1.29 is 22.0 Å². The van der Waals surface area contributed by atoms with Crippen LogP contribution in [0, 0.1) is 11.6 Å². The molecule has 1 atom stereocenters. The third-order valence-corrected chi connectivity index (χ3v) is 5.57. The zero-order valence-corrected chi connectivity index (χ0v) is 14.8. The first-order chi connectivity index (χ1) is 12.2. The van der Waals surface area contributed by atoms with Gasteiger partial charge < -0.3 is 5.32 Å². The molecule has 1 aliphatic carbocycles. The van der Waals surface area contributed by atoms with Crippen molar-refractivity contribution in [3.63, 3.8) is 0 Å². The first-order valence-electron chi connectivity index (χ1n) is 8.14. The number of hydrogen-bond donors (Lipinski definition) is 2. The summed E-state index contributed by atoms with van der Waals surface area (Å²) in [5.41, 5.74) is 0.401. The molecule has 8 heteroatoms. The predicted octanol–water partition coefficient (Wildman–Crippen LogP) is 2.90. The normalized spacial score (nSPS) is 15.5. The van der Waals surface area contributed by atoms with Crippen LogP contribution in [0.1, 0.15) is 41.7 Å². The Bertz CT molecular complexity index is 923. The summed E-state index contributed by atoms with van der Waals surface area (Å²) in [6.45, 7) is 1.48. The van der Waals surface area contributed by atoms with Crippen LogP contribution in [0.15, 0.2) is 47.4 Å². The first-order valence-corrected chi connectivity index (χ1v) is 9.62. The van der Waals surface area contributed by atoms with E-state index in [1.807, 2.05) is 0 Å². The number of carbonyl (C=O) groups excluding carboxylic acids is 1. The average molecular weight is 380 g/mol. The number of nitrogens with one attached hydrogen (secondary N) is 2. The third-order valence-electron chi connectivity index (χ3n) is 4.04. The van der Waals surface area contributed by atoms with Crippen LogP contribution in [-0.4, -0.2) is 20.4 Å². The summed E-state index contributed by atoms with van der Waals surface area (Å²) in [6, 6.07) is 7.79. The van der Waals surface area contributed by atoms with Gasteiger partial charge in [-0.3, -0.25) is 4.79 Å². The summed E-state index contributed by atoms with van der Waals surface area (Å²) in [7, 11) is -3.98. The lowest BCUT2D eigenvalue weighted by molar-refractivity contribution is 0.0951. The van der Waals surface area contributed by atoms with Crippen LogP contribution in [0.25, 0.3) is 0 Å². The molecule has 0 heterocycles. The van der Waals surface area contributed by atoms with Gasteiger partial charge in [-0.05, 0) is 55.7 Å². The van der Waals surface area contributed by atoms with E-state index in [4.69, 9.17) is 0 Å². The number of rotatable bonds is 6. The molecule has 0 saturated heterocycles. The van der Waals surface area contributed by atoms with Crippen LogP contribution in [0.4, 0.5) is 8.78 Å².